The Labute approximate surface area is 94.4 Å². The third kappa shape index (κ3) is 2.53. The Bertz CT molecular complexity index is 339. The van der Waals surface area contributed by atoms with Gasteiger partial charge in [-0.05, 0) is 29.7 Å². The zero-order valence-electron chi connectivity index (χ0n) is 8.82. The molecule has 0 radical (unpaired) electrons. The van der Waals surface area contributed by atoms with Crippen LogP contribution in [0.1, 0.15) is 18.1 Å². The van der Waals surface area contributed by atoms with Gasteiger partial charge in [0.05, 0.1) is 0 Å². The Morgan fingerprint density at radius 3 is 2.53 bits per heavy atom. The first-order valence-electron chi connectivity index (χ1n) is 5.29. The van der Waals surface area contributed by atoms with Gasteiger partial charge in [-0.1, -0.05) is 43.0 Å². The maximum Gasteiger partial charge on any atom is 0.279 e. The van der Waals surface area contributed by atoms with E-state index in [1.54, 1.807) is 0 Å². The molecule has 0 aliphatic heterocycles. The molecule has 0 saturated carbocycles. The van der Waals surface area contributed by atoms with E-state index in [4.69, 9.17) is 0 Å². The monoisotopic (exact) mass is 221 g/mol. The Balaban J connectivity index is 1.93. The number of amides is 1. The summed E-state index contributed by atoms with van der Waals surface area (Å²) in [5.41, 5.74) is 2.76. The van der Waals surface area contributed by atoms with E-state index >= 15 is 0 Å². The summed E-state index contributed by atoms with van der Waals surface area (Å²) >= 11 is 1.35. The Kier molecular flexibility index (Phi) is 3.31. The largest absolute Gasteiger partial charge is 0.344 e. The zero-order valence-corrected chi connectivity index (χ0v) is 9.64. The van der Waals surface area contributed by atoms with E-state index in [1.165, 1.54) is 22.9 Å². The second kappa shape index (κ2) is 4.71. The predicted molar refractivity (Wildman–Crippen MR) is 64.3 cm³/mol. The predicted octanol–water partition coefficient (Wildman–Crippen LogP) is 2.62. The minimum absolute atomic E-state index is 0.107. The van der Waals surface area contributed by atoms with Gasteiger partial charge in [-0.25, -0.2) is 0 Å². The van der Waals surface area contributed by atoms with E-state index in [0.29, 0.717) is 6.04 Å². The fourth-order valence-electron chi connectivity index (χ4n) is 2.00. The molecule has 80 valence electrons. The van der Waals surface area contributed by atoms with E-state index in [0.717, 1.165) is 18.6 Å². The molecule has 0 saturated heterocycles. The Morgan fingerprint density at radius 2 is 2.00 bits per heavy atom. The lowest BCUT2D eigenvalue weighted by molar-refractivity contribution is 0.257. The number of carbonyl (C=O) groups excluding carboxylic acids is 1. The van der Waals surface area contributed by atoms with Crippen molar-refractivity contribution in [3.8, 4) is 0 Å². The Morgan fingerprint density at radius 1 is 1.40 bits per heavy atom. The molecule has 0 aromatic heterocycles. The first-order chi connectivity index (χ1) is 7.29. The standard InChI is InChI=1S/C12H15NOS/c1-2-15-12(14)13-11-7-9-5-3-4-6-10(9)8-11/h3-6,11H,2,7-8H2,1H3,(H,13,14). The number of carbonyl (C=O) groups is 1. The van der Waals surface area contributed by atoms with Gasteiger partial charge in [0.25, 0.3) is 5.24 Å². The highest BCUT2D eigenvalue weighted by molar-refractivity contribution is 8.13. The second-order valence-electron chi connectivity index (χ2n) is 3.74. The van der Waals surface area contributed by atoms with Crippen LogP contribution < -0.4 is 5.32 Å². The zero-order chi connectivity index (χ0) is 10.7. The van der Waals surface area contributed by atoms with E-state index < -0.39 is 0 Å². The number of hydrogen-bond acceptors (Lipinski definition) is 2. The van der Waals surface area contributed by atoms with Crippen molar-refractivity contribution in [2.24, 2.45) is 0 Å². The first kappa shape index (κ1) is 10.6. The van der Waals surface area contributed by atoms with Crippen molar-refractivity contribution >= 4 is 17.0 Å². The van der Waals surface area contributed by atoms with Crippen LogP contribution in [0.2, 0.25) is 0 Å². The molecule has 0 unspecified atom stereocenters. The lowest BCUT2D eigenvalue weighted by Crippen LogP contribution is -2.32. The molecule has 0 atom stereocenters. The van der Waals surface area contributed by atoms with E-state index in [-0.39, 0.29) is 5.24 Å². The molecule has 0 heterocycles. The van der Waals surface area contributed by atoms with Crippen LogP contribution in [0.5, 0.6) is 0 Å². The summed E-state index contributed by atoms with van der Waals surface area (Å²) in [4.78, 5) is 11.4. The molecule has 2 rings (SSSR count). The van der Waals surface area contributed by atoms with Crippen molar-refractivity contribution in [1.29, 1.82) is 0 Å². The van der Waals surface area contributed by atoms with Crippen LogP contribution in [0.25, 0.3) is 0 Å². The van der Waals surface area contributed by atoms with Crippen LogP contribution in [0.4, 0.5) is 4.79 Å². The third-order valence-corrected chi connectivity index (χ3v) is 3.32. The summed E-state index contributed by atoms with van der Waals surface area (Å²) in [6.07, 6.45) is 1.96. The smallest absolute Gasteiger partial charge is 0.279 e. The van der Waals surface area contributed by atoms with Crippen molar-refractivity contribution in [2.75, 3.05) is 5.75 Å². The average molecular weight is 221 g/mol. The summed E-state index contributed by atoms with van der Waals surface area (Å²) in [5, 5.41) is 3.16. The maximum atomic E-state index is 11.4. The average Bonchev–Trinajstić information content (AvgIpc) is 2.59. The molecule has 1 aliphatic rings. The molecule has 1 amide bonds. The quantitative estimate of drug-likeness (QED) is 0.831. The SMILES string of the molecule is CCSC(=O)NC1Cc2ccccc2C1. The molecule has 3 heteroatoms. The van der Waals surface area contributed by atoms with Gasteiger partial charge >= 0.3 is 0 Å². The van der Waals surface area contributed by atoms with Gasteiger partial charge in [0.2, 0.25) is 0 Å². The number of benzene rings is 1. The summed E-state index contributed by atoms with van der Waals surface area (Å²) in [6.45, 7) is 1.99. The molecule has 0 bridgehead atoms. The van der Waals surface area contributed by atoms with Crippen molar-refractivity contribution < 1.29 is 4.79 Å². The van der Waals surface area contributed by atoms with Crippen LogP contribution in [-0.2, 0) is 12.8 Å². The number of nitrogens with one attached hydrogen (secondary N) is 1. The summed E-state index contributed by atoms with van der Waals surface area (Å²) in [5.74, 6) is 0.839. The third-order valence-electron chi connectivity index (χ3n) is 2.65. The summed E-state index contributed by atoms with van der Waals surface area (Å²) in [7, 11) is 0. The van der Waals surface area contributed by atoms with Gasteiger partial charge in [0.15, 0.2) is 0 Å². The minimum atomic E-state index is 0.107. The molecule has 0 spiro atoms. The molecule has 1 aromatic rings. The van der Waals surface area contributed by atoms with E-state index in [2.05, 4.69) is 29.6 Å². The molecule has 1 aromatic carbocycles. The van der Waals surface area contributed by atoms with Gasteiger partial charge in [0.1, 0.15) is 0 Å². The Hall–Kier alpha value is -0.960. The van der Waals surface area contributed by atoms with Crippen molar-refractivity contribution in [3.05, 3.63) is 35.4 Å². The number of rotatable bonds is 2. The number of hydrogen-bond donors (Lipinski definition) is 1. The van der Waals surface area contributed by atoms with Gasteiger partial charge in [-0.3, -0.25) is 4.79 Å². The van der Waals surface area contributed by atoms with Crippen LogP contribution in [0.15, 0.2) is 24.3 Å². The van der Waals surface area contributed by atoms with Crippen LogP contribution in [0, 0.1) is 0 Å². The fourth-order valence-corrected chi connectivity index (χ4v) is 2.51. The highest BCUT2D eigenvalue weighted by atomic mass is 32.2. The maximum absolute atomic E-state index is 11.4. The summed E-state index contributed by atoms with van der Waals surface area (Å²) in [6, 6.07) is 8.71. The van der Waals surface area contributed by atoms with Crippen molar-refractivity contribution in [2.45, 2.75) is 25.8 Å². The van der Waals surface area contributed by atoms with Gasteiger partial charge < -0.3 is 5.32 Å². The summed E-state index contributed by atoms with van der Waals surface area (Å²) < 4.78 is 0. The second-order valence-corrected chi connectivity index (χ2v) is 4.98. The number of fused-ring (bicyclic) bond motifs is 1. The molecule has 1 aliphatic carbocycles. The van der Waals surface area contributed by atoms with Crippen LogP contribution in [0.3, 0.4) is 0 Å². The molecule has 15 heavy (non-hydrogen) atoms. The van der Waals surface area contributed by atoms with Crippen molar-refractivity contribution in [3.63, 3.8) is 0 Å². The lowest BCUT2D eigenvalue weighted by Gasteiger charge is -2.10. The highest BCUT2D eigenvalue weighted by Crippen LogP contribution is 2.22. The molecular weight excluding hydrogens is 206 g/mol. The molecule has 2 nitrogen and oxygen atoms in total. The first-order valence-corrected chi connectivity index (χ1v) is 6.28. The van der Waals surface area contributed by atoms with Gasteiger partial charge in [0, 0.05) is 6.04 Å². The van der Waals surface area contributed by atoms with E-state index in [1.807, 2.05) is 6.92 Å². The normalized spacial score (nSPS) is 15.0. The van der Waals surface area contributed by atoms with Crippen molar-refractivity contribution in [1.82, 2.24) is 5.32 Å². The molecule has 1 N–H and O–H groups in total. The fraction of sp³-hybridized carbons (Fsp3) is 0.417. The molecular formula is C12H15NOS. The topological polar surface area (TPSA) is 29.1 Å². The van der Waals surface area contributed by atoms with E-state index in [9.17, 15) is 4.79 Å². The number of thioether (sulfide) groups is 1. The lowest BCUT2D eigenvalue weighted by atomic mass is 10.1. The van der Waals surface area contributed by atoms with Crippen LogP contribution in [-0.4, -0.2) is 17.0 Å². The minimum Gasteiger partial charge on any atom is -0.344 e. The van der Waals surface area contributed by atoms with Gasteiger partial charge in [-0.15, -0.1) is 0 Å². The highest BCUT2D eigenvalue weighted by Gasteiger charge is 2.21. The van der Waals surface area contributed by atoms with Gasteiger partial charge in [-0.2, -0.15) is 0 Å². The molecule has 0 fully saturated rings. The van der Waals surface area contributed by atoms with Crippen LogP contribution >= 0.6 is 11.8 Å².